The summed E-state index contributed by atoms with van der Waals surface area (Å²) >= 11 is 0. The van der Waals surface area contributed by atoms with Crippen molar-refractivity contribution in [2.45, 2.75) is 37.6 Å². The van der Waals surface area contributed by atoms with E-state index in [0.717, 1.165) is 30.8 Å². The summed E-state index contributed by atoms with van der Waals surface area (Å²) in [6.07, 6.45) is 1.92. The van der Waals surface area contributed by atoms with Gasteiger partial charge in [-0.2, -0.15) is 0 Å². The van der Waals surface area contributed by atoms with Crippen molar-refractivity contribution in [3.05, 3.63) is 60.2 Å². The smallest absolute Gasteiger partial charge is 0.127 e. The summed E-state index contributed by atoms with van der Waals surface area (Å²) in [5, 5.41) is 3.40. The second kappa shape index (κ2) is 10.5. The Labute approximate surface area is 160 Å². The standard InChI is InChI=1S/C21H31N3OS/c1-17(2)16-24(26(25)21-11-9-19(22)10-12-21)14-13-20(23-3)15-18-7-5-4-6-8-18/h4-12,17,20,23H,13-16,22H2,1-3H3. The van der Waals surface area contributed by atoms with Crippen LogP contribution in [0.5, 0.6) is 0 Å². The highest BCUT2D eigenvalue weighted by molar-refractivity contribution is 7.82. The van der Waals surface area contributed by atoms with Crippen molar-refractivity contribution in [3.8, 4) is 0 Å². The second-order valence-corrected chi connectivity index (χ2v) is 8.55. The molecule has 0 amide bonds. The van der Waals surface area contributed by atoms with Gasteiger partial charge in [0, 0.05) is 24.8 Å². The molecule has 0 saturated heterocycles. The normalized spacial score (nSPS) is 13.9. The predicted octanol–water partition coefficient (Wildman–Crippen LogP) is 3.47. The Morgan fingerprint density at radius 1 is 1.08 bits per heavy atom. The van der Waals surface area contributed by atoms with Gasteiger partial charge in [-0.05, 0) is 55.6 Å². The van der Waals surface area contributed by atoms with Crippen LogP contribution in [0, 0.1) is 5.92 Å². The van der Waals surface area contributed by atoms with Gasteiger partial charge in [0.15, 0.2) is 0 Å². The SMILES string of the molecule is CNC(CCN(CC(C)C)S(=O)c1ccc(N)cc1)Cc1ccccc1. The predicted molar refractivity (Wildman–Crippen MR) is 111 cm³/mol. The number of hydrogen-bond donors (Lipinski definition) is 2. The van der Waals surface area contributed by atoms with Gasteiger partial charge in [-0.3, -0.25) is 0 Å². The molecule has 2 aromatic rings. The monoisotopic (exact) mass is 373 g/mol. The molecule has 2 rings (SSSR count). The lowest BCUT2D eigenvalue weighted by Crippen LogP contribution is -2.36. The number of nitrogens with zero attached hydrogens (tertiary/aromatic N) is 1. The van der Waals surface area contributed by atoms with Crippen molar-refractivity contribution >= 4 is 16.7 Å². The van der Waals surface area contributed by atoms with Crippen LogP contribution in [0.1, 0.15) is 25.8 Å². The Morgan fingerprint density at radius 2 is 1.73 bits per heavy atom. The molecule has 0 bridgehead atoms. The molecule has 0 aliphatic heterocycles. The highest BCUT2D eigenvalue weighted by atomic mass is 32.2. The van der Waals surface area contributed by atoms with Gasteiger partial charge in [-0.15, -0.1) is 0 Å². The fraction of sp³-hybridized carbons (Fsp3) is 0.429. The summed E-state index contributed by atoms with van der Waals surface area (Å²) in [4.78, 5) is 0.809. The third-order valence-corrected chi connectivity index (χ3v) is 5.82. The number of benzene rings is 2. The van der Waals surface area contributed by atoms with Crippen LogP contribution in [0.15, 0.2) is 59.5 Å². The summed E-state index contributed by atoms with van der Waals surface area (Å²) in [6.45, 7) is 5.91. The average Bonchev–Trinajstić information content (AvgIpc) is 2.64. The zero-order valence-corrected chi connectivity index (χ0v) is 16.8. The number of nitrogens with two attached hydrogens (primary N) is 1. The van der Waals surface area contributed by atoms with Crippen LogP contribution < -0.4 is 11.1 Å². The maximum atomic E-state index is 13.0. The van der Waals surface area contributed by atoms with Crippen molar-refractivity contribution in [2.24, 2.45) is 5.92 Å². The number of likely N-dealkylation sites (N-methyl/N-ethyl adjacent to an activating group) is 1. The maximum absolute atomic E-state index is 13.0. The van der Waals surface area contributed by atoms with E-state index in [1.807, 2.05) is 37.4 Å². The lowest BCUT2D eigenvalue weighted by atomic mass is 10.0. The first kappa shape index (κ1) is 20.6. The molecule has 0 spiro atoms. The Hall–Kier alpha value is -1.69. The Morgan fingerprint density at radius 3 is 2.31 bits per heavy atom. The van der Waals surface area contributed by atoms with Crippen molar-refractivity contribution < 1.29 is 4.21 Å². The quantitative estimate of drug-likeness (QED) is 0.627. The molecule has 5 heteroatoms. The number of nitrogen functional groups attached to an aromatic ring is 1. The molecule has 2 unspecified atom stereocenters. The zero-order chi connectivity index (χ0) is 18.9. The molecule has 0 heterocycles. The van der Waals surface area contributed by atoms with Crippen LogP contribution in [-0.4, -0.2) is 34.7 Å². The fourth-order valence-electron chi connectivity index (χ4n) is 2.93. The molecule has 0 saturated carbocycles. The zero-order valence-electron chi connectivity index (χ0n) is 16.0. The van der Waals surface area contributed by atoms with Gasteiger partial charge in [0.05, 0.1) is 4.90 Å². The van der Waals surface area contributed by atoms with E-state index in [-0.39, 0.29) is 0 Å². The summed E-state index contributed by atoms with van der Waals surface area (Å²) in [5.41, 5.74) is 7.77. The van der Waals surface area contributed by atoms with E-state index in [1.165, 1.54) is 5.56 Å². The van der Waals surface area contributed by atoms with E-state index in [9.17, 15) is 4.21 Å². The third kappa shape index (κ3) is 6.56. The van der Waals surface area contributed by atoms with E-state index >= 15 is 0 Å². The summed E-state index contributed by atoms with van der Waals surface area (Å²) in [7, 11) is 0.832. The molecule has 0 aliphatic rings. The first-order valence-electron chi connectivity index (χ1n) is 9.23. The highest BCUT2D eigenvalue weighted by Gasteiger charge is 2.18. The van der Waals surface area contributed by atoms with E-state index in [0.29, 0.717) is 17.6 Å². The lowest BCUT2D eigenvalue weighted by molar-refractivity contribution is 0.359. The third-order valence-electron chi connectivity index (χ3n) is 4.35. The average molecular weight is 374 g/mol. The summed E-state index contributed by atoms with van der Waals surface area (Å²) in [5.74, 6) is 0.454. The Bertz CT molecular complexity index is 673. The summed E-state index contributed by atoms with van der Waals surface area (Å²) < 4.78 is 15.1. The van der Waals surface area contributed by atoms with Crippen molar-refractivity contribution in [1.29, 1.82) is 0 Å². The molecule has 0 fully saturated rings. The van der Waals surface area contributed by atoms with Crippen LogP contribution >= 0.6 is 0 Å². The Kier molecular flexibility index (Phi) is 8.29. The molecule has 3 N–H and O–H groups in total. The number of anilines is 1. The minimum Gasteiger partial charge on any atom is -0.399 e. The van der Waals surface area contributed by atoms with E-state index in [2.05, 4.69) is 47.7 Å². The van der Waals surface area contributed by atoms with Crippen molar-refractivity contribution in [3.63, 3.8) is 0 Å². The number of nitrogens with one attached hydrogen (secondary N) is 1. The molecule has 0 radical (unpaired) electrons. The van der Waals surface area contributed by atoms with Gasteiger partial charge >= 0.3 is 0 Å². The molecule has 2 atom stereocenters. The van der Waals surface area contributed by atoms with Crippen LogP contribution in [0.25, 0.3) is 0 Å². The Balaban J connectivity index is 2.01. The van der Waals surface area contributed by atoms with Gasteiger partial charge in [0.1, 0.15) is 11.0 Å². The minimum atomic E-state index is -1.16. The van der Waals surface area contributed by atoms with E-state index < -0.39 is 11.0 Å². The first-order chi connectivity index (χ1) is 12.5. The van der Waals surface area contributed by atoms with Crippen molar-refractivity contribution in [2.75, 3.05) is 25.9 Å². The molecule has 2 aromatic carbocycles. The fourth-order valence-corrected chi connectivity index (χ4v) is 4.30. The minimum absolute atomic E-state index is 0.357. The lowest BCUT2D eigenvalue weighted by Gasteiger charge is -2.25. The number of rotatable bonds is 10. The van der Waals surface area contributed by atoms with Gasteiger partial charge < -0.3 is 11.1 Å². The van der Waals surface area contributed by atoms with Gasteiger partial charge in [-0.1, -0.05) is 44.2 Å². The maximum Gasteiger partial charge on any atom is 0.127 e. The van der Waals surface area contributed by atoms with E-state index in [4.69, 9.17) is 5.73 Å². The van der Waals surface area contributed by atoms with E-state index in [1.54, 1.807) is 0 Å². The molecule has 4 nitrogen and oxygen atoms in total. The second-order valence-electron chi connectivity index (χ2n) is 7.06. The molecule has 142 valence electrons. The van der Waals surface area contributed by atoms with Crippen LogP contribution in [0.3, 0.4) is 0 Å². The molecule has 0 aromatic heterocycles. The largest absolute Gasteiger partial charge is 0.399 e. The highest BCUT2D eigenvalue weighted by Crippen LogP contribution is 2.16. The first-order valence-corrected chi connectivity index (χ1v) is 10.3. The molecular weight excluding hydrogens is 342 g/mol. The topological polar surface area (TPSA) is 58.4 Å². The molecule has 26 heavy (non-hydrogen) atoms. The van der Waals surface area contributed by atoms with Crippen LogP contribution in [0.4, 0.5) is 5.69 Å². The summed E-state index contributed by atoms with van der Waals surface area (Å²) in [6, 6.07) is 18.2. The number of hydrogen-bond acceptors (Lipinski definition) is 3. The van der Waals surface area contributed by atoms with Crippen LogP contribution in [0.2, 0.25) is 0 Å². The molecular formula is C21H31N3OS. The van der Waals surface area contributed by atoms with Gasteiger partial charge in [0.25, 0.3) is 0 Å². The van der Waals surface area contributed by atoms with Gasteiger partial charge in [0.2, 0.25) is 0 Å². The van der Waals surface area contributed by atoms with Crippen molar-refractivity contribution in [1.82, 2.24) is 9.62 Å². The van der Waals surface area contributed by atoms with Gasteiger partial charge in [-0.25, -0.2) is 8.51 Å². The van der Waals surface area contributed by atoms with Crippen LogP contribution in [-0.2, 0) is 17.4 Å². The molecule has 0 aliphatic carbocycles.